The van der Waals surface area contributed by atoms with Gasteiger partial charge in [0.2, 0.25) is 0 Å². The van der Waals surface area contributed by atoms with Gasteiger partial charge in [0, 0.05) is 0 Å². The maximum Gasteiger partial charge on any atom is 0.460 e. The van der Waals surface area contributed by atoms with E-state index in [1.807, 2.05) is 0 Å². The van der Waals surface area contributed by atoms with Gasteiger partial charge in [0.1, 0.15) is 5.82 Å². The van der Waals surface area contributed by atoms with Crippen molar-refractivity contribution < 1.29 is 57.8 Å². The molecule has 0 spiro atoms. The van der Waals surface area contributed by atoms with E-state index in [2.05, 4.69) is 0 Å². The zero-order chi connectivity index (χ0) is 21.7. The van der Waals surface area contributed by atoms with Gasteiger partial charge >= 0.3 is 29.9 Å². The zero-order valence-corrected chi connectivity index (χ0v) is 13.0. The molecular formula is C14H10F12O. The first-order valence-corrected chi connectivity index (χ1v) is 6.77. The maximum atomic E-state index is 13.7. The summed E-state index contributed by atoms with van der Waals surface area (Å²) in [4.78, 5) is 0. The van der Waals surface area contributed by atoms with Gasteiger partial charge in [-0.1, -0.05) is 12.1 Å². The highest BCUT2D eigenvalue weighted by molar-refractivity contribution is 5.23. The highest BCUT2D eigenvalue weighted by Gasteiger charge is 2.87. The van der Waals surface area contributed by atoms with Gasteiger partial charge in [-0.25, -0.2) is 4.39 Å². The molecule has 27 heavy (non-hydrogen) atoms. The first-order chi connectivity index (χ1) is 11.7. The Morgan fingerprint density at radius 2 is 1.11 bits per heavy atom. The molecule has 0 saturated carbocycles. The van der Waals surface area contributed by atoms with Crippen LogP contribution in [0.1, 0.15) is 18.9 Å². The van der Waals surface area contributed by atoms with E-state index in [0.29, 0.717) is 31.2 Å². The monoisotopic (exact) mass is 422 g/mol. The van der Waals surface area contributed by atoms with Crippen molar-refractivity contribution in [2.45, 2.75) is 48.8 Å². The Hall–Kier alpha value is -1.66. The average molecular weight is 422 g/mol. The third kappa shape index (κ3) is 3.83. The van der Waals surface area contributed by atoms with Crippen LogP contribution in [-0.2, 0) is 5.60 Å². The third-order valence-electron chi connectivity index (χ3n) is 3.64. The van der Waals surface area contributed by atoms with E-state index in [1.165, 1.54) is 0 Å². The van der Waals surface area contributed by atoms with Crippen molar-refractivity contribution >= 4 is 0 Å². The highest BCUT2D eigenvalue weighted by Crippen LogP contribution is 2.58. The fraction of sp³-hybridized carbons (Fsp3) is 0.571. The number of aliphatic hydroxyl groups is 1. The molecule has 1 rings (SSSR count). The van der Waals surface area contributed by atoms with Crippen LogP contribution < -0.4 is 0 Å². The molecule has 0 heterocycles. The van der Waals surface area contributed by atoms with E-state index in [-0.39, 0.29) is 0 Å². The SMILES string of the molecule is CC(O)(CC(F)(F)C(F)(F)C(F)(F)C(F)(F)C(F)(F)F)c1ccc(F)cc1. The fourth-order valence-electron chi connectivity index (χ4n) is 2.06. The second kappa shape index (κ2) is 6.45. The van der Waals surface area contributed by atoms with E-state index >= 15 is 0 Å². The number of alkyl halides is 11. The summed E-state index contributed by atoms with van der Waals surface area (Å²) in [6, 6.07) is 2.36. The minimum Gasteiger partial charge on any atom is -0.385 e. The van der Waals surface area contributed by atoms with Crippen LogP contribution in [0.2, 0.25) is 0 Å². The number of hydrogen-bond donors (Lipinski definition) is 1. The van der Waals surface area contributed by atoms with Gasteiger partial charge in [-0.15, -0.1) is 0 Å². The van der Waals surface area contributed by atoms with E-state index in [9.17, 15) is 57.8 Å². The van der Waals surface area contributed by atoms with E-state index in [0.717, 1.165) is 0 Å². The summed E-state index contributed by atoms with van der Waals surface area (Å²) < 4.78 is 155. The smallest absolute Gasteiger partial charge is 0.385 e. The lowest BCUT2D eigenvalue weighted by Gasteiger charge is -2.39. The quantitative estimate of drug-likeness (QED) is 0.599. The molecule has 0 radical (unpaired) electrons. The van der Waals surface area contributed by atoms with Crippen molar-refractivity contribution in [1.29, 1.82) is 0 Å². The van der Waals surface area contributed by atoms with Crippen LogP contribution in [0.25, 0.3) is 0 Å². The predicted octanol–water partition coefficient (Wildman–Crippen LogP) is 5.53. The van der Waals surface area contributed by atoms with Gasteiger partial charge in [0.15, 0.2) is 0 Å². The molecule has 0 saturated heterocycles. The van der Waals surface area contributed by atoms with E-state index < -0.39 is 53.3 Å². The lowest BCUT2D eigenvalue weighted by molar-refractivity contribution is -0.424. The van der Waals surface area contributed by atoms with Crippen LogP contribution in [0.4, 0.5) is 52.7 Å². The number of hydrogen-bond acceptors (Lipinski definition) is 1. The molecule has 0 aliphatic rings. The Labute approximate surface area is 143 Å². The Morgan fingerprint density at radius 3 is 1.48 bits per heavy atom. The Kier molecular flexibility index (Phi) is 5.59. The first-order valence-electron chi connectivity index (χ1n) is 6.77. The van der Waals surface area contributed by atoms with Crippen LogP contribution in [-0.4, -0.2) is 35.0 Å². The average Bonchev–Trinajstić information content (AvgIpc) is 2.44. The molecule has 0 bridgehead atoms. The summed E-state index contributed by atoms with van der Waals surface area (Å²) >= 11 is 0. The second-order valence-electron chi connectivity index (χ2n) is 5.88. The van der Waals surface area contributed by atoms with Crippen molar-refractivity contribution in [3.05, 3.63) is 35.6 Å². The molecule has 156 valence electrons. The molecule has 0 aliphatic heterocycles. The summed E-state index contributed by atoms with van der Waals surface area (Å²) in [5.41, 5.74) is -3.81. The van der Waals surface area contributed by atoms with Gasteiger partial charge in [-0.3, -0.25) is 0 Å². The Bertz CT molecular complexity index is 660. The molecule has 1 atom stereocenters. The molecule has 0 aromatic heterocycles. The van der Waals surface area contributed by atoms with Crippen LogP contribution in [0.5, 0.6) is 0 Å². The van der Waals surface area contributed by atoms with Crippen LogP contribution in [0.15, 0.2) is 24.3 Å². The Morgan fingerprint density at radius 1 is 0.704 bits per heavy atom. The predicted molar refractivity (Wildman–Crippen MR) is 66.4 cm³/mol. The van der Waals surface area contributed by atoms with Crippen molar-refractivity contribution in [2.75, 3.05) is 0 Å². The normalized spacial score (nSPS) is 17.0. The minimum atomic E-state index is -7.54. The summed E-state index contributed by atoms with van der Waals surface area (Å²) in [5, 5.41) is 9.81. The number of halogens is 12. The van der Waals surface area contributed by atoms with Crippen molar-refractivity contribution in [3.63, 3.8) is 0 Å². The molecule has 1 nitrogen and oxygen atoms in total. The third-order valence-corrected chi connectivity index (χ3v) is 3.64. The molecule has 1 unspecified atom stereocenters. The highest BCUT2D eigenvalue weighted by atomic mass is 19.4. The maximum absolute atomic E-state index is 13.7. The second-order valence-corrected chi connectivity index (χ2v) is 5.88. The molecule has 1 N–H and O–H groups in total. The molecule has 1 aromatic rings. The van der Waals surface area contributed by atoms with Gasteiger partial charge in [0.05, 0.1) is 12.0 Å². The van der Waals surface area contributed by atoms with E-state index in [4.69, 9.17) is 0 Å². The number of benzene rings is 1. The molecule has 0 amide bonds. The van der Waals surface area contributed by atoms with Gasteiger partial charge < -0.3 is 5.11 Å². The Balaban J connectivity index is 3.33. The standard InChI is InChI=1S/C14H10F12O/c1-9(27,7-2-4-8(15)5-3-7)6-10(16,17)11(18,19)12(20,21)13(22,23)14(24,25)26/h2-5,27H,6H2,1H3. The van der Waals surface area contributed by atoms with Gasteiger partial charge in [0.25, 0.3) is 0 Å². The summed E-state index contributed by atoms with van der Waals surface area (Å²) in [5.74, 6) is -29.4. The molecule has 13 heteroatoms. The minimum absolute atomic E-state index is 0.379. The topological polar surface area (TPSA) is 20.2 Å². The van der Waals surface area contributed by atoms with Gasteiger partial charge in [-0.2, -0.15) is 48.3 Å². The van der Waals surface area contributed by atoms with E-state index in [1.54, 1.807) is 0 Å². The summed E-state index contributed by atoms with van der Waals surface area (Å²) in [7, 11) is 0. The lowest BCUT2D eigenvalue weighted by Crippen LogP contribution is -2.67. The van der Waals surface area contributed by atoms with Gasteiger partial charge in [-0.05, 0) is 24.6 Å². The summed E-state index contributed by atoms with van der Waals surface area (Å²) in [6.07, 6.45) is -9.92. The van der Waals surface area contributed by atoms with Crippen molar-refractivity contribution in [2.24, 2.45) is 0 Å². The van der Waals surface area contributed by atoms with Crippen molar-refractivity contribution in [3.8, 4) is 0 Å². The van der Waals surface area contributed by atoms with Crippen LogP contribution in [0, 0.1) is 5.82 Å². The summed E-state index contributed by atoms with van der Waals surface area (Å²) in [6.45, 7) is 0.379. The lowest BCUT2D eigenvalue weighted by atomic mass is 9.85. The van der Waals surface area contributed by atoms with Crippen molar-refractivity contribution in [1.82, 2.24) is 0 Å². The zero-order valence-electron chi connectivity index (χ0n) is 13.0. The largest absolute Gasteiger partial charge is 0.460 e. The molecule has 1 aromatic carbocycles. The van der Waals surface area contributed by atoms with Crippen LogP contribution >= 0.6 is 0 Å². The molecule has 0 fully saturated rings. The molecular weight excluding hydrogens is 412 g/mol. The first kappa shape index (κ1) is 23.4. The number of rotatable bonds is 6. The fourth-order valence-corrected chi connectivity index (χ4v) is 2.06. The van der Waals surface area contributed by atoms with Crippen LogP contribution in [0.3, 0.4) is 0 Å². The molecule has 0 aliphatic carbocycles.